The topological polar surface area (TPSA) is 19.7 Å². The SMILES string of the molecule is CCCCCCCCCC(c1[nH]cc[n+]1Cc1ccccc1)C(C)(Cc1ccccc1)c1ccccc1. The fraction of sp³-hybridized carbons (Fsp3) is 0.400. The van der Waals surface area contributed by atoms with Gasteiger partial charge in [-0.05, 0) is 29.5 Å². The summed E-state index contributed by atoms with van der Waals surface area (Å²) < 4.78 is 2.45. The number of nitrogens with zero attached hydrogens (tertiary/aromatic N) is 1. The van der Waals surface area contributed by atoms with Crippen LogP contribution in [0.2, 0.25) is 0 Å². The first-order valence-electron chi connectivity index (χ1n) is 14.4. The summed E-state index contributed by atoms with van der Waals surface area (Å²) >= 11 is 0. The molecule has 1 N–H and O–H groups in total. The van der Waals surface area contributed by atoms with Gasteiger partial charge in [0, 0.05) is 5.41 Å². The number of nitrogens with one attached hydrogen (secondary N) is 1. The van der Waals surface area contributed by atoms with Crippen molar-refractivity contribution < 1.29 is 4.57 Å². The zero-order valence-corrected chi connectivity index (χ0v) is 22.9. The molecular formula is C35H45N2+. The van der Waals surface area contributed by atoms with E-state index in [4.69, 9.17) is 0 Å². The third-order valence-electron chi connectivity index (χ3n) is 8.03. The van der Waals surface area contributed by atoms with Gasteiger partial charge < -0.3 is 0 Å². The van der Waals surface area contributed by atoms with Crippen LogP contribution in [0.1, 0.15) is 93.6 Å². The molecule has 0 bridgehead atoms. The number of benzene rings is 3. The molecule has 2 nitrogen and oxygen atoms in total. The Morgan fingerprint density at radius 2 is 1.27 bits per heavy atom. The van der Waals surface area contributed by atoms with Gasteiger partial charge in [0.1, 0.15) is 18.9 Å². The van der Waals surface area contributed by atoms with Gasteiger partial charge in [0.25, 0.3) is 5.82 Å². The second kappa shape index (κ2) is 14.0. The Morgan fingerprint density at radius 1 is 0.703 bits per heavy atom. The predicted molar refractivity (Wildman–Crippen MR) is 156 cm³/mol. The second-order valence-corrected chi connectivity index (χ2v) is 10.9. The molecule has 4 aromatic rings. The van der Waals surface area contributed by atoms with E-state index < -0.39 is 0 Å². The van der Waals surface area contributed by atoms with Gasteiger partial charge in [-0.2, -0.15) is 0 Å². The normalized spacial score (nSPS) is 13.8. The molecule has 0 amide bonds. The summed E-state index contributed by atoms with van der Waals surface area (Å²) in [6, 6.07) is 33.1. The molecular weight excluding hydrogens is 448 g/mol. The molecule has 3 aromatic carbocycles. The molecule has 0 aliphatic rings. The quantitative estimate of drug-likeness (QED) is 0.126. The molecule has 0 fully saturated rings. The molecule has 0 aliphatic heterocycles. The van der Waals surface area contributed by atoms with Crippen LogP contribution in [0.15, 0.2) is 103 Å². The number of imidazole rings is 1. The van der Waals surface area contributed by atoms with E-state index in [0.717, 1.165) is 13.0 Å². The number of unbranched alkanes of at least 4 members (excludes halogenated alkanes) is 6. The molecule has 2 heteroatoms. The average molecular weight is 494 g/mol. The van der Waals surface area contributed by atoms with Crippen molar-refractivity contribution in [3.05, 3.63) is 126 Å². The molecule has 0 saturated heterocycles. The van der Waals surface area contributed by atoms with Gasteiger partial charge in [-0.1, -0.05) is 150 Å². The maximum Gasteiger partial charge on any atom is 0.258 e. The molecule has 4 rings (SSSR count). The molecule has 194 valence electrons. The van der Waals surface area contributed by atoms with Crippen molar-refractivity contribution in [2.75, 3.05) is 0 Å². The maximum absolute atomic E-state index is 3.72. The lowest BCUT2D eigenvalue weighted by Gasteiger charge is -2.37. The van der Waals surface area contributed by atoms with Crippen molar-refractivity contribution in [2.45, 2.75) is 89.5 Å². The first-order chi connectivity index (χ1) is 18.2. The van der Waals surface area contributed by atoms with Crippen molar-refractivity contribution in [1.82, 2.24) is 4.98 Å². The molecule has 2 atom stereocenters. The first kappa shape index (κ1) is 26.9. The van der Waals surface area contributed by atoms with E-state index in [2.05, 4.69) is 127 Å². The lowest BCUT2D eigenvalue weighted by Crippen LogP contribution is -2.44. The second-order valence-electron chi connectivity index (χ2n) is 10.9. The van der Waals surface area contributed by atoms with Gasteiger partial charge in [-0.3, -0.25) is 0 Å². The first-order valence-corrected chi connectivity index (χ1v) is 14.4. The van der Waals surface area contributed by atoms with Gasteiger partial charge in [0.15, 0.2) is 0 Å². The van der Waals surface area contributed by atoms with Crippen LogP contribution in [-0.4, -0.2) is 4.98 Å². The van der Waals surface area contributed by atoms with Crippen molar-refractivity contribution >= 4 is 0 Å². The molecule has 0 saturated carbocycles. The molecule has 0 spiro atoms. The van der Waals surface area contributed by atoms with Crippen LogP contribution in [-0.2, 0) is 18.4 Å². The highest BCUT2D eigenvalue weighted by atomic mass is 15.1. The Morgan fingerprint density at radius 3 is 1.92 bits per heavy atom. The Balaban J connectivity index is 1.66. The summed E-state index contributed by atoms with van der Waals surface area (Å²) in [6.45, 7) is 5.68. The maximum atomic E-state index is 3.72. The van der Waals surface area contributed by atoms with E-state index in [-0.39, 0.29) is 5.41 Å². The third-order valence-corrected chi connectivity index (χ3v) is 8.03. The van der Waals surface area contributed by atoms with Crippen LogP contribution in [0, 0.1) is 0 Å². The number of H-pyrrole nitrogens is 1. The average Bonchev–Trinajstić information content (AvgIpc) is 3.39. The number of hydrogen-bond donors (Lipinski definition) is 1. The van der Waals surface area contributed by atoms with Gasteiger partial charge >= 0.3 is 0 Å². The van der Waals surface area contributed by atoms with E-state index >= 15 is 0 Å². The Hall–Kier alpha value is -3.13. The van der Waals surface area contributed by atoms with Crippen molar-refractivity contribution in [3.63, 3.8) is 0 Å². The molecule has 1 aromatic heterocycles. The van der Waals surface area contributed by atoms with Crippen molar-refractivity contribution in [3.8, 4) is 0 Å². The van der Waals surface area contributed by atoms with E-state index in [9.17, 15) is 0 Å². The highest BCUT2D eigenvalue weighted by molar-refractivity contribution is 5.32. The minimum atomic E-state index is -0.0336. The molecule has 0 radical (unpaired) electrons. The number of aromatic amines is 1. The minimum Gasteiger partial charge on any atom is -0.247 e. The van der Waals surface area contributed by atoms with Crippen LogP contribution in [0.5, 0.6) is 0 Å². The van der Waals surface area contributed by atoms with Crippen LogP contribution in [0.4, 0.5) is 0 Å². The fourth-order valence-corrected chi connectivity index (χ4v) is 5.92. The zero-order chi connectivity index (χ0) is 25.8. The van der Waals surface area contributed by atoms with E-state index in [1.807, 2.05) is 0 Å². The number of hydrogen-bond acceptors (Lipinski definition) is 0. The number of aromatic nitrogens is 2. The van der Waals surface area contributed by atoms with Crippen LogP contribution in [0.3, 0.4) is 0 Å². The zero-order valence-electron chi connectivity index (χ0n) is 22.9. The smallest absolute Gasteiger partial charge is 0.247 e. The van der Waals surface area contributed by atoms with Gasteiger partial charge in [0.05, 0.1) is 5.92 Å². The highest BCUT2D eigenvalue weighted by Gasteiger charge is 2.42. The molecule has 2 unspecified atom stereocenters. The van der Waals surface area contributed by atoms with E-state index in [1.54, 1.807) is 0 Å². The summed E-state index contributed by atoms with van der Waals surface area (Å²) in [5, 5.41) is 0. The number of rotatable bonds is 15. The fourth-order valence-electron chi connectivity index (χ4n) is 5.92. The Labute approximate surface area is 224 Å². The van der Waals surface area contributed by atoms with Gasteiger partial charge in [-0.25, -0.2) is 9.55 Å². The molecule has 1 heterocycles. The third kappa shape index (κ3) is 7.44. The van der Waals surface area contributed by atoms with Crippen LogP contribution in [0.25, 0.3) is 0 Å². The van der Waals surface area contributed by atoms with Gasteiger partial charge in [-0.15, -0.1) is 0 Å². The highest BCUT2D eigenvalue weighted by Crippen LogP contribution is 2.43. The minimum absolute atomic E-state index is 0.0336. The van der Waals surface area contributed by atoms with Crippen molar-refractivity contribution in [2.24, 2.45) is 0 Å². The molecule has 37 heavy (non-hydrogen) atoms. The van der Waals surface area contributed by atoms with Crippen LogP contribution >= 0.6 is 0 Å². The van der Waals surface area contributed by atoms with E-state index in [0.29, 0.717) is 5.92 Å². The summed E-state index contributed by atoms with van der Waals surface area (Å²) in [5.41, 5.74) is 4.13. The van der Waals surface area contributed by atoms with Crippen LogP contribution < -0.4 is 4.57 Å². The summed E-state index contributed by atoms with van der Waals surface area (Å²) in [4.78, 5) is 3.72. The van der Waals surface area contributed by atoms with Crippen molar-refractivity contribution in [1.29, 1.82) is 0 Å². The summed E-state index contributed by atoms with van der Waals surface area (Å²) in [6.07, 6.45) is 15.9. The summed E-state index contributed by atoms with van der Waals surface area (Å²) in [5.74, 6) is 1.72. The Kier molecular flexibility index (Phi) is 10.2. The predicted octanol–water partition coefficient (Wildman–Crippen LogP) is 8.78. The standard InChI is InChI=1S/C35H44N2/c1-3-4-5-6-7-8-18-25-33(34-36-26-27-37(34)29-31-21-14-10-15-22-31)35(2,32-23-16-11-17-24-32)28-30-19-12-9-13-20-30/h9-17,19-24,26-27,33H,3-8,18,25,28-29H2,1-2H3/p+1. The Bertz CT molecular complexity index is 1150. The lowest BCUT2D eigenvalue weighted by molar-refractivity contribution is -0.696. The summed E-state index contributed by atoms with van der Waals surface area (Å²) in [7, 11) is 0. The van der Waals surface area contributed by atoms with Gasteiger partial charge in [0.2, 0.25) is 0 Å². The monoisotopic (exact) mass is 493 g/mol. The lowest BCUT2D eigenvalue weighted by atomic mass is 9.66. The van der Waals surface area contributed by atoms with E-state index in [1.165, 1.54) is 73.9 Å². The molecule has 0 aliphatic carbocycles. The largest absolute Gasteiger partial charge is 0.258 e.